The molecule has 3 rings (SSSR count). The number of carbonyl (C=O) groups is 1. The maximum Gasteiger partial charge on any atom is 0.246 e. The summed E-state index contributed by atoms with van der Waals surface area (Å²) in [6.45, 7) is 9.55. The Morgan fingerprint density at radius 2 is 1.68 bits per heavy atom. The molecule has 1 aromatic carbocycles. The number of hydrogen-bond acceptors (Lipinski definition) is 3. The first-order valence-corrected chi connectivity index (χ1v) is 9.24. The molecule has 0 aromatic heterocycles. The zero-order chi connectivity index (χ0) is 17.9. The second-order valence-corrected chi connectivity index (χ2v) is 7.98. The van der Waals surface area contributed by atoms with Gasteiger partial charge in [0.25, 0.3) is 0 Å². The average Bonchev–Trinajstić information content (AvgIpc) is 3.14. The number of benzene rings is 1. The molecule has 0 bridgehead atoms. The molecule has 1 amide bonds. The van der Waals surface area contributed by atoms with Gasteiger partial charge in [-0.15, -0.1) is 0 Å². The molecule has 4 nitrogen and oxygen atoms in total. The van der Waals surface area contributed by atoms with Gasteiger partial charge in [-0.05, 0) is 35.5 Å². The van der Waals surface area contributed by atoms with E-state index in [0.717, 1.165) is 31.5 Å². The Hall–Kier alpha value is -1.65. The van der Waals surface area contributed by atoms with Crippen LogP contribution in [0.2, 0.25) is 0 Å². The van der Waals surface area contributed by atoms with E-state index >= 15 is 0 Å². The Kier molecular flexibility index (Phi) is 5.60. The average molecular weight is 343 g/mol. The lowest BCUT2D eigenvalue weighted by Gasteiger charge is -2.33. The number of nitrogens with zero attached hydrogens (tertiary/aromatic N) is 1. The van der Waals surface area contributed by atoms with Gasteiger partial charge >= 0.3 is 0 Å². The maximum absolute atomic E-state index is 12.4. The molecular weight excluding hydrogens is 314 g/mol. The Morgan fingerprint density at radius 1 is 1.08 bits per heavy atom. The maximum atomic E-state index is 12.4. The molecule has 2 saturated heterocycles. The molecule has 2 aliphatic heterocycles. The Bertz CT molecular complexity index is 601. The highest BCUT2D eigenvalue weighted by molar-refractivity contribution is 5.91. The molecule has 136 valence electrons. The second kappa shape index (κ2) is 7.71. The lowest BCUT2D eigenvalue weighted by molar-refractivity contribution is -0.131. The summed E-state index contributed by atoms with van der Waals surface area (Å²) in [6.07, 6.45) is 5.43. The molecule has 0 radical (unpaired) electrons. The predicted octanol–water partition coefficient (Wildman–Crippen LogP) is 3.61. The topological polar surface area (TPSA) is 38.8 Å². The first kappa shape index (κ1) is 18.2. The fraction of sp³-hybridized carbons (Fsp3) is 0.571. The van der Waals surface area contributed by atoms with Crippen LogP contribution in [-0.4, -0.2) is 43.4 Å². The van der Waals surface area contributed by atoms with E-state index < -0.39 is 0 Å². The number of likely N-dealkylation sites (tertiary alicyclic amines) is 1. The van der Waals surface area contributed by atoms with Gasteiger partial charge in [0.15, 0.2) is 6.29 Å². The van der Waals surface area contributed by atoms with Crippen molar-refractivity contribution in [2.75, 3.05) is 26.3 Å². The summed E-state index contributed by atoms with van der Waals surface area (Å²) in [5.74, 6) is 0.507. The van der Waals surface area contributed by atoms with E-state index in [-0.39, 0.29) is 17.6 Å². The summed E-state index contributed by atoms with van der Waals surface area (Å²) < 4.78 is 11.2. The van der Waals surface area contributed by atoms with Gasteiger partial charge in [-0.1, -0.05) is 45.0 Å². The van der Waals surface area contributed by atoms with Crippen LogP contribution in [0.3, 0.4) is 0 Å². The van der Waals surface area contributed by atoms with Crippen LogP contribution in [0.4, 0.5) is 0 Å². The number of piperidine rings is 1. The molecule has 0 saturated carbocycles. The third kappa shape index (κ3) is 4.71. The molecule has 0 N–H and O–H groups in total. The zero-order valence-electron chi connectivity index (χ0n) is 15.5. The van der Waals surface area contributed by atoms with E-state index in [1.807, 2.05) is 11.0 Å². The first-order valence-electron chi connectivity index (χ1n) is 9.24. The van der Waals surface area contributed by atoms with Gasteiger partial charge in [0, 0.05) is 25.1 Å². The Morgan fingerprint density at radius 3 is 2.24 bits per heavy atom. The standard InChI is InChI=1S/C21H29NO3/c1-21(2,3)18-7-4-16(5-8-18)6-9-19(23)22-12-10-17(11-13-22)20-24-14-15-25-20/h4-9,17,20H,10-15H2,1-3H3/b9-6+. The van der Waals surface area contributed by atoms with Gasteiger partial charge in [-0.2, -0.15) is 0 Å². The predicted molar refractivity (Wildman–Crippen MR) is 99.2 cm³/mol. The number of amides is 1. The highest BCUT2D eigenvalue weighted by atomic mass is 16.7. The fourth-order valence-electron chi connectivity index (χ4n) is 3.41. The minimum absolute atomic E-state index is 0.0610. The first-order chi connectivity index (χ1) is 11.9. The van der Waals surface area contributed by atoms with Crippen LogP contribution in [0, 0.1) is 5.92 Å². The molecule has 0 aliphatic carbocycles. The van der Waals surface area contributed by atoms with Crippen LogP contribution in [0.5, 0.6) is 0 Å². The molecule has 0 spiro atoms. The fourth-order valence-corrected chi connectivity index (χ4v) is 3.41. The number of hydrogen-bond donors (Lipinski definition) is 0. The van der Waals surface area contributed by atoms with Crippen LogP contribution >= 0.6 is 0 Å². The van der Waals surface area contributed by atoms with E-state index in [1.54, 1.807) is 6.08 Å². The highest BCUT2D eigenvalue weighted by Gasteiger charge is 2.31. The number of ether oxygens (including phenoxy) is 2. The quantitative estimate of drug-likeness (QED) is 0.787. The highest BCUT2D eigenvalue weighted by Crippen LogP contribution is 2.26. The number of rotatable bonds is 3. The molecule has 2 aliphatic rings. The molecule has 25 heavy (non-hydrogen) atoms. The summed E-state index contributed by atoms with van der Waals surface area (Å²) in [5, 5.41) is 0. The van der Waals surface area contributed by atoms with E-state index in [1.165, 1.54) is 5.56 Å². The van der Waals surface area contributed by atoms with E-state index in [9.17, 15) is 4.79 Å². The van der Waals surface area contributed by atoms with Crippen molar-refractivity contribution < 1.29 is 14.3 Å². The van der Waals surface area contributed by atoms with Crippen molar-refractivity contribution in [3.63, 3.8) is 0 Å². The molecule has 2 fully saturated rings. The van der Waals surface area contributed by atoms with Crippen molar-refractivity contribution in [2.45, 2.75) is 45.3 Å². The largest absolute Gasteiger partial charge is 0.350 e. The van der Waals surface area contributed by atoms with E-state index in [4.69, 9.17) is 9.47 Å². The lowest BCUT2D eigenvalue weighted by Crippen LogP contribution is -2.40. The Labute approximate surface area is 150 Å². The monoisotopic (exact) mass is 343 g/mol. The lowest BCUT2D eigenvalue weighted by atomic mass is 9.87. The Balaban J connectivity index is 1.51. The molecule has 4 heteroatoms. The van der Waals surface area contributed by atoms with Crippen molar-refractivity contribution in [1.29, 1.82) is 0 Å². The molecular formula is C21H29NO3. The van der Waals surface area contributed by atoms with Gasteiger partial charge in [-0.25, -0.2) is 0 Å². The van der Waals surface area contributed by atoms with Crippen LogP contribution in [0.25, 0.3) is 6.08 Å². The summed E-state index contributed by atoms with van der Waals surface area (Å²) >= 11 is 0. The van der Waals surface area contributed by atoms with E-state index in [2.05, 4.69) is 45.0 Å². The van der Waals surface area contributed by atoms with Gasteiger partial charge in [0.05, 0.1) is 13.2 Å². The summed E-state index contributed by atoms with van der Waals surface area (Å²) in [5.41, 5.74) is 2.51. The third-order valence-electron chi connectivity index (χ3n) is 5.08. The van der Waals surface area contributed by atoms with Crippen LogP contribution in [0.1, 0.15) is 44.7 Å². The molecule has 2 heterocycles. The van der Waals surface area contributed by atoms with Gasteiger partial charge in [0.1, 0.15) is 0 Å². The minimum atomic E-state index is -0.0610. The van der Waals surface area contributed by atoms with Gasteiger partial charge in [-0.3, -0.25) is 4.79 Å². The molecule has 1 aromatic rings. The SMILES string of the molecule is CC(C)(C)c1ccc(/C=C/C(=O)N2CCC(C3OCCO3)CC2)cc1. The van der Waals surface area contributed by atoms with Crippen LogP contribution in [-0.2, 0) is 19.7 Å². The van der Waals surface area contributed by atoms with Crippen LogP contribution < -0.4 is 0 Å². The molecule has 0 atom stereocenters. The molecule has 0 unspecified atom stereocenters. The normalized spacial score (nSPS) is 20.5. The summed E-state index contributed by atoms with van der Waals surface area (Å²) in [7, 11) is 0. The summed E-state index contributed by atoms with van der Waals surface area (Å²) in [6, 6.07) is 8.42. The van der Waals surface area contributed by atoms with Crippen molar-refractivity contribution in [1.82, 2.24) is 4.90 Å². The van der Waals surface area contributed by atoms with Crippen molar-refractivity contribution in [2.24, 2.45) is 5.92 Å². The second-order valence-electron chi connectivity index (χ2n) is 7.98. The van der Waals surface area contributed by atoms with E-state index in [0.29, 0.717) is 19.1 Å². The van der Waals surface area contributed by atoms with Gasteiger partial charge < -0.3 is 14.4 Å². The number of carbonyl (C=O) groups excluding carboxylic acids is 1. The van der Waals surface area contributed by atoms with Gasteiger partial charge in [0.2, 0.25) is 5.91 Å². The van der Waals surface area contributed by atoms with Crippen molar-refractivity contribution >= 4 is 12.0 Å². The smallest absolute Gasteiger partial charge is 0.246 e. The van der Waals surface area contributed by atoms with Crippen molar-refractivity contribution in [3.05, 3.63) is 41.5 Å². The van der Waals surface area contributed by atoms with Crippen LogP contribution in [0.15, 0.2) is 30.3 Å². The zero-order valence-corrected chi connectivity index (χ0v) is 15.5. The summed E-state index contributed by atoms with van der Waals surface area (Å²) in [4.78, 5) is 14.3. The van der Waals surface area contributed by atoms with Crippen molar-refractivity contribution in [3.8, 4) is 0 Å². The third-order valence-corrected chi connectivity index (χ3v) is 5.08. The minimum Gasteiger partial charge on any atom is -0.350 e.